The van der Waals surface area contributed by atoms with Gasteiger partial charge < -0.3 is 10.2 Å². The summed E-state index contributed by atoms with van der Waals surface area (Å²) in [7, 11) is 2.20. The first kappa shape index (κ1) is 12.9. The molecule has 1 aromatic rings. The van der Waals surface area contributed by atoms with Gasteiger partial charge in [-0.15, -0.1) is 0 Å². The van der Waals surface area contributed by atoms with Crippen LogP contribution in [0.15, 0.2) is 24.3 Å². The van der Waals surface area contributed by atoms with Crippen LogP contribution in [-0.2, 0) is 0 Å². The van der Waals surface area contributed by atoms with Crippen molar-refractivity contribution in [3.63, 3.8) is 0 Å². The fourth-order valence-electron chi connectivity index (χ4n) is 2.64. The lowest BCUT2D eigenvalue weighted by molar-refractivity contribution is 0.197. The zero-order chi connectivity index (χ0) is 13.0. The largest absolute Gasteiger partial charge is 0.382 e. The summed E-state index contributed by atoms with van der Waals surface area (Å²) in [5.41, 5.74) is 1.82. The Morgan fingerprint density at radius 2 is 2.11 bits per heavy atom. The summed E-state index contributed by atoms with van der Waals surface area (Å²) in [5, 5.41) is 12.3. The second kappa shape index (κ2) is 5.88. The predicted octanol–water partition coefficient (Wildman–Crippen LogP) is 2.70. The first-order valence-corrected chi connectivity index (χ1v) is 6.64. The maximum absolute atomic E-state index is 8.77. The number of piperidine rings is 1. The molecule has 0 aromatic heterocycles. The fourth-order valence-corrected chi connectivity index (χ4v) is 2.64. The van der Waals surface area contributed by atoms with E-state index in [4.69, 9.17) is 5.26 Å². The van der Waals surface area contributed by atoms with Crippen LogP contribution in [0.25, 0.3) is 0 Å². The molecule has 0 amide bonds. The summed E-state index contributed by atoms with van der Waals surface area (Å²) < 4.78 is 0. The summed E-state index contributed by atoms with van der Waals surface area (Å²) in [4.78, 5) is 2.41. The van der Waals surface area contributed by atoms with E-state index in [0.29, 0.717) is 17.5 Å². The minimum Gasteiger partial charge on any atom is -0.382 e. The van der Waals surface area contributed by atoms with E-state index in [9.17, 15) is 0 Å². The maximum atomic E-state index is 8.77. The van der Waals surface area contributed by atoms with Crippen molar-refractivity contribution in [3.8, 4) is 6.07 Å². The van der Waals surface area contributed by atoms with E-state index in [-0.39, 0.29) is 0 Å². The van der Waals surface area contributed by atoms with Crippen molar-refractivity contribution >= 4 is 5.69 Å². The van der Waals surface area contributed by atoms with Gasteiger partial charge in [0.1, 0.15) is 0 Å². The molecule has 1 heterocycles. The molecule has 1 N–H and O–H groups in total. The zero-order valence-electron chi connectivity index (χ0n) is 11.2. The van der Waals surface area contributed by atoms with Gasteiger partial charge in [0.05, 0.1) is 11.6 Å². The first-order chi connectivity index (χ1) is 8.69. The number of anilines is 1. The van der Waals surface area contributed by atoms with Crippen LogP contribution in [0.5, 0.6) is 0 Å². The van der Waals surface area contributed by atoms with Gasteiger partial charge >= 0.3 is 0 Å². The molecule has 2 rings (SSSR count). The molecule has 96 valence electrons. The van der Waals surface area contributed by atoms with Crippen LogP contribution >= 0.6 is 0 Å². The lowest BCUT2D eigenvalue weighted by Gasteiger charge is -2.34. The summed E-state index contributed by atoms with van der Waals surface area (Å²) in [6.45, 7) is 4.65. The Labute approximate surface area is 109 Å². The highest BCUT2D eigenvalue weighted by atomic mass is 15.1. The molecule has 1 aliphatic heterocycles. The monoisotopic (exact) mass is 243 g/mol. The van der Waals surface area contributed by atoms with Gasteiger partial charge in [-0.1, -0.05) is 0 Å². The zero-order valence-corrected chi connectivity index (χ0v) is 11.2. The van der Waals surface area contributed by atoms with Crippen LogP contribution in [0.1, 0.15) is 25.3 Å². The van der Waals surface area contributed by atoms with Crippen LogP contribution in [0.4, 0.5) is 5.69 Å². The lowest BCUT2D eigenvalue weighted by Crippen LogP contribution is -2.39. The molecule has 0 bridgehead atoms. The average Bonchev–Trinajstić information content (AvgIpc) is 2.39. The molecular formula is C15H21N3. The smallest absolute Gasteiger partial charge is 0.0991 e. The van der Waals surface area contributed by atoms with Gasteiger partial charge in [0, 0.05) is 18.3 Å². The van der Waals surface area contributed by atoms with E-state index in [2.05, 4.69) is 30.3 Å². The minimum absolute atomic E-state index is 0.473. The molecule has 1 aliphatic rings. The Morgan fingerprint density at radius 1 is 1.39 bits per heavy atom. The molecule has 1 aromatic carbocycles. The third-order valence-corrected chi connectivity index (χ3v) is 3.78. The number of nitrogens with zero attached hydrogens (tertiary/aromatic N) is 2. The Hall–Kier alpha value is -1.53. The third-order valence-electron chi connectivity index (χ3n) is 3.78. The highest BCUT2D eigenvalue weighted by molar-refractivity contribution is 5.47. The summed E-state index contributed by atoms with van der Waals surface area (Å²) in [6, 6.07) is 10.3. The van der Waals surface area contributed by atoms with Crippen molar-refractivity contribution in [3.05, 3.63) is 29.8 Å². The first-order valence-electron chi connectivity index (χ1n) is 6.64. The van der Waals surface area contributed by atoms with Crippen LogP contribution in [0, 0.1) is 17.2 Å². The quantitative estimate of drug-likeness (QED) is 0.887. The van der Waals surface area contributed by atoms with E-state index in [0.717, 1.165) is 5.69 Å². The molecule has 0 aliphatic carbocycles. The van der Waals surface area contributed by atoms with E-state index >= 15 is 0 Å². The maximum Gasteiger partial charge on any atom is 0.0991 e. The second-order valence-corrected chi connectivity index (χ2v) is 5.29. The van der Waals surface area contributed by atoms with E-state index in [1.807, 2.05) is 24.3 Å². The normalized spacial score (nSPS) is 22.2. The van der Waals surface area contributed by atoms with Crippen molar-refractivity contribution in [2.45, 2.75) is 25.8 Å². The molecule has 3 heteroatoms. The van der Waals surface area contributed by atoms with Crippen molar-refractivity contribution < 1.29 is 0 Å². The number of hydrogen-bond donors (Lipinski definition) is 1. The lowest BCUT2D eigenvalue weighted by atomic mass is 9.91. The van der Waals surface area contributed by atoms with Crippen LogP contribution < -0.4 is 5.32 Å². The molecule has 1 fully saturated rings. The molecule has 0 radical (unpaired) electrons. The molecule has 2 atom stereocenters. The van der Waals surface area contributed by atoms with Crippen LogP contribution in [0.2, 0.25) is 0 Å². The highest BCUT2D eigenvalue weighted by Crippen LogP contribution is 2.21. The Balaban J connectivity index is 1.93. The Morgan fingerprint density at radius 3 is 2.72 bits per heavy atom. The SMILES string of the molecule is CC(Nc1ccc(C#N)cc1)C1CCCN(C)C1. The predicted molar refractivity (Wildman–Crippen MR) is 74.5 cm³/mol. The molecule has 1 saturated heterocycles. The van der Waals surface area contributed by atoms with Gasteiger partial charge in [-0.25, -0.2) is 0 Å². The number of hydrogen-bond acceptors (Lipinski definition) is 3. The van der Waals surface area contributed by atoms with Gasteiger partial charge in [0.25, 0.3) is 0 Å². The molecule has 3 nitrogen and oxygen atoms in total. The summed E-state index contributed by atoms with van der Waals surface area (Å²) in [6.07, 6.45) is 2.59. The molecule has 0 spiro atoms. The third kappa shape index (κ3) is 3.24. The van der Waals surface area contributed by atoms with Crippen LogP contribution in [0.3, 0.4) is 0 Å². The standard InChI is InChI=1S/C15H21N3/c1-12(14-4-3-9-18(2)11-14)17-15-7-5-13(10-16)6-8-15/h5-8,12,14,17H,3-4,9,11H2,1-2H3. The van der Waals surface area contributed by atoms with Gasteiger partial charge in [0.15, 0.2) is 0 Å². The molecular weight excluding hydrogens is 222 g/mol. The topological polar surface area (TPSA) is 39.1 Å². The number of benzene rings is 1. The minimum atomic E-state index is 0.473. The molecule has 2 unspecified atom stereocenters. The van der Waals surface area contributed by atoms with E-state index in [1.54, 1.807) is 0 Å². The molecule has 0 saturated carbocycles. The Kier molecular flexibility index (Phi) is 4.22. The number of nitriles is 1. The van der Waals surface area contributed by atoms with Crippen molar-refractivity contribution in [2.75, 3.05) is 25.5 Å². The Bertz CT molecular complexity index is 418. The van der Waals surface area contributed by atoms with Crippen LogP contribution in [-0.4, -0.2) is 31.1 Å². The van der Waals surface area contributed by atoms with E-state index < -0.39 is 0 Å². The highest BCUT2D eigenvalue weighted by Gasteiger charge is 2.22. The van der Waals surface area contributed by atoms with Gasteiger partial charge in [0.2, 0.25) is 0 Å². The fraction of sp³-hybridized carbons (Fsp3) is 0.533. The van der Waals surface area contributed by atoms with Gasteiger partial charge in [-0.05, 0) is 63.5 Å². The second-order valence-electron chi connectivity index (χ2n) is 5.29. The number of nitrogens with one attached hydrogen (secondary N) is 1. The average molecular weight is 243 g/mol. The van der Waals surface area contributed by atoms with Crippen molar-refractivity contribution in [1.82, 2.24) is 4.90 Å². The number of likely N-dealkylation sites (tertiary alicyclic amines) is 1. The van der Waals surface area contributed by atoms with Crippen molar-refractivity contribution in [2.24, 2.45) is 5.92 Å². The van der Waals surface area contributed by atoms with Crippen molar-refractivity contribution in [1.29, 1.82) is 5.26 Å². The van der Waals surface area contributed by atoms with Gasteiger partial charge in [-0.3, -0.25) is 0 Å². The summed E-state index contributed by atoms with van der Waals surface area (Å²) >= 11 is 0. The van der Waals surface area contributed by atoms with Gasteiger partial charge in [-0.2, -0.15) is 5.26 Å². The van der Waals surface area contributed by atoms with E-state index in [1.165, 1.54) is 25.9 Å². The molecule has 18 heavy (non-hydrogen) atoms. The number of rotatable bonds is 3. The summed E-state index contributed by atoms with van der Waals surface area (Å²) in [5.74, 6) is 0.708.